The molecule has 2 fully saturated rings. The van der Waals surface area contributed by atoms with Crippen molar-refractivity contribution >= 4 is 23.6 Å². The second-order valence-corrected chi connectivity index (χ2v) is 7.98. The number of hydrogen-bond acceptors (Lipinski definition) is 3. The summed E-state index contributed by atoms with van der Waals surface area (Å²) < 4.78 is 0. The maximum absolute atomic E-state index is 12.5. The molecule has 2 aliphatic rings. The van der Waals surface area contributed by atoms with Gasteiger partial charge in [0.2, 0.25) is 0 Å². The molecule has 0 unspecified atom stereocenters. The number of carboxylic acids is 1. The molecule has 0 atom stereocenters. The molecule has 0 aromatic heterocycles. The van der Waals surface area contributed by atoms with Crippen LogP contribution in [0.4, 0.5) is 4.79 Å². The van der Waals surface area contributed by atoms with Gasteiger partial charge in [-0.2, -0.15) is 0 Å². The highest BCUT2D eigenvalue weighted by Crippen LogP contribution is 2.37. The van der Waals surface area contributed by atoms with Gasteiger partial charge in [-0.1, -0.05) is 30.7 Å². The zero-order chi connectivity index (χ0) is 19.4. The molecule has 0 spiro atoms. The van der Waals surface area contributed by atoms with Crippen molar-refractivity contribution in [3.8, 4) is 0 Å². The Morgan fingerprint density at radius 1 is 1.22 bits per heavy atom. The van der Waals surface area contributed by atoms with Gasteiger partial charge in [-0.3, -0.25) is 9.69 Å². The predicted octanol–water partition coefficient (Wildman–Crippen LogP) is 3.17. The number of likely N-dealkylation sites (tertiary alicyclic amines) is 1. The molecular weight excluding hydrogens is 366 g/mol. The first kappa shape index (κ1) is 20.0. The quantitative estimate of drug-likeness (QED) is 0.778. The Labute approximate surface area is 165 Å². The number of piperidine rings is 1. The third-order valence-electron chi connectivity index (χ3n) is 5.82. The number of carbonyl (C=O) groups excluding carboxylic acids is 1. The minimum Gasteiger partial charge on any atom is -0.480 e. The fourth-order valence-corrected chi connectivity index (χ4v) is 4.24. The molecule has 7 heteroatoms. The van der Waals surface area contributed by atoms with Crippen molar-refractivity contribution < 1.29 is 14.7 Å². The van der Waals surface area contributed by atoms with Crippen molar-refractivity contribution in [3.63, 3.8) is 0 Å². The van der Waals surface area contributed by atoms with E-state index in [9.17, 15) is 9.59 Å². The van der Waals surface area contributed by atoms with Crippen LogP contribution in [0, 0.1) is 0 Å². The molecule has 27 heavy (non-hydrogen) atoms. The molecule has 148 valence electrons. The number of hydrogen-bond donors (Lipinski definition) is 2. The van der Waals surface area contributed by atoms with Gasteiger partial charge in [0.1, 0.15) is 0 Å². The lowest BCUT2D eigenvalue weighted by atomic mass is 9.76. The van der Waals surface area contributed by atoms with Crippen LogP contribution < -0.4 is 5.32 Å². The lowest BCUT2D eigenvalue weighted by Gasteiger charge is -2.40. The van der Waals surface area contributed by atoms with Gasteiger partial charge in [-0.25, -0.2) is 4.79 Å². The highest BCUT2D eigenvalue weighted by Gasteiger charge is 2.33. The van der Waals surface area contributed by atoms with Crippen LogP contribution in [0.5, 0.6) is 0 Å². The summed E-state index contributed by atoms with van der Waals surface area (Å²) in [6.45, 7) is 4.13. The van der Waals surface area contributed by atoms with Gasteiger partial charge in [0, 0.05) is 30.2 Å². The summed E-state index contributed by atoms with van der Waals surface area (Å²) in [6, 6.07) is 8.43. The highest BCUT2D eigenvalue weighted by atomic mass is 35.5. The fourth-order valence-electron chi connectivity index (χ4n) is 4.12. The van der Waals surface area contributed by atoms with Crippen molar-refractivity contribution in [3.05, 3.63) is 34.9 Å². The number of likely N-dealkylation sites (N-methyl/N-ethyl adjacent to an activating group) is 1. The Kier molecular flexibility index (Phi) is 6.60. The third kappa shape index (κ3) is 5.14. The monoisotopic (exact) mass is 393 g/mol. The maximum Gasteiger partial charge on any atom is 0.317 e. The van der Waals surface area contributed by atoms with E-state index in [0.29, 0.717) is 19.0 Å². The lowest BCUT2D eigenvalue weighted by molar-refractivity contribution is -0.139. The molecule has 1 aromatic rings. The first-order valence-electron chi connectivity index (χ1n) is 9.73. The molecule has 2 N–H and O–H groups in total. The zero-order valence-electron chi connectivity index (χ0n) is 15.7. The summed E-state index contributed by atoms with van der Waals surface area (Å²) in [5.74, 6) is -0.301. The van der Waals surface area contributed by atoms with Crippen LogP contribution >= 0.6 is 11.6 Å². The van der Waals surface area contributed by atoms with Crippen LogP contribution in [0.15, 0.2) is 24.3 Å². The van der Waals surface area contributed by atoms with E-state index >= 15 is 0 Å². The van der Waals surface area contributed by atoms with Gasteiger partial charge in [-0.15, -0.1) is 0 Å². The van der Waals surface area contributed by atoms with Crippen LogP contribution in [0.2, 0.25) is 5.02 Å². The number of aliphatic carboxylic acids is 1. The normalized spacial score (nSPS) is 23.1. The van der Waals surface area contributed by atoms with E-state index in [0.717, 1.165) is 37.3 Å². The summed E-state index contributed by atoms with van der Waals surface area (Å²) in [6.07, 6.45) is 3.58. The van der Waals surface area contributed by atoms with Gasteiger partial charge in [0.05, 0.1) is 6.54 Å². The number of carbonyl (C=O) groups is 2. The van der Waals surface area contributed by atoms with Crippen LogP contribution in [-0.2, 0) is 4.79 Å². The number of nitrogens with zero attached hydrogens (tertiary/aromatic N) is 2. The smallest absolute Gasteiger partial charge is 0.317 e. The summed E-state index contributed by atoms with van der Waals surface area (Å²) in [5.41, 5.74) is 1.28. The number of rotatable bonds is 6. The first-order chi connectivity index (χ1) is 13.0. The van der Waals surface area contributed by atoms with Crippen molar-refractivity contribution in [1.82, 2.24) is 15.1 Å². The number of carboxylic acid groups (broad SMARTS) is 1. The molecule has 1 saturated heterocycles. The summed E-state index contributed by atoms with van der Waals surface area (Å²) in [7, 11) is 0. The van der Waals surface area contributed by atoms with Gasteiger partial charge in [0.15, 0.2) is 0 Å². The average Bonchev–Trinajstić information content (AvgIpc) is 2.63. The van der Waals surface area contributed by atoms with E-state index in [1.54, 1.807) is 0 Å². The number of halogens is 1. The van der Waals surface area contributed by atoms with E-state index in [1.165, 1.54) is 5.56 Å². The molecule has 2 amide bonds. The lowest BCUT2D eigenvalue weighted by Crippen LogP contribution is -2.53. The Bertz CT molecular complexity index is 653. The summed E-state index contributed by atoms with van der Waals surface area (Å²) in [4.78, 5) is 27.3. The summed E-state index contributed by atoms with van der Waals surface area (Å²) in [5, 5.41) is 12.9. The minimum absolute atomic E-state index is 0.00860. The molecule has 6 nitrogen and oxygen atoms in total. The molecule has 1 heterocycles. The van der Waals surface area contributed by atoms with Gasteiger partial charge < -0.3 is 15.3 Å². The Morgan fingerprint density at radius 2 is 1.85 bits per heavy atom. The summed E-state index contributed by atoms with van der Waals surface area (Å²) >= 11 is 5.93. The number of urea groups is 1. The first-order valence-corrected chi connectivity index (χ1v) is 10.1. The van der Waals surface area contributed by atoms with Crippen LogP contribution in [0.1, 0.15) is 44.1 Å². The zero-order valence-corrected chi connectivity index (χ0v) is 16.5. The topological polar surface area (TPSA) is 72.9 Å². The number of amides is 2. The highest BCUT2D eigenvalue weighted by molar-refractivity contribution is 6.30. The molecule has 0 radical (unpaired) electrons. The van der Waals surface area contributed by atoms with E-state index in [-0.39, 0.29) is 24.7 Å². The number of nitrogens with one attached hydrogen (secondary N) is 1. The Morgan fingerprint density at radius 3 is 2.41 bits per heavy atom. The molecular formula is C20H28ClN3O3. The molecule has 1 saturated carbocycles. The average molecular weight is 394 g/mol. The largest absolute Gasteiger partial charge is 0.480 e. The van der Waals surface area contributed by atoms with Crippen LogP contribution in [0.3, 0.4) is 0 Å². The van der Waals surface area contributed by atoms with E-state index in [1.807, 2.05) is 28.9 Å². The number of benzene rings is 1. The Balaban J connectivity index is 1.40. The van der Waals surface area contributed by atoms with Crippen molar-refractivity contribution in [2.75, 3.05) is 26.2 Å². The van der Waals surface area contributed by atoms with E-state index < -0.39 is 5.97 Å². The van der Waals surface area contributed by atoms with Crippen LogP contribution in [-0.4, -0.2) is 65.2 Å². The van der Waals surface area contributed by atoms with Gasteiger partial charge in [-0.05, 0) is 55.8 Å². The minimum atomic E-state index is -0.794. The van der Waals surface area contributed by atoms with Crippen molar-refractivity contribution in [2.24, 2.45) is 0 Å². The third-order valence-corrected chi connectivity index (χ3v) is 6.07. The fraction of sp³-hybridized carbons (Fsp3) is 0.600. The molecule has 1 aromatic carbocycles. The molecule has 3 rings (SSSR count). The molecule has 1 aliphatic carbocycles. The molecule has 1 aliphatic heterocycles. The van der Waals surface area contributed by atoms with Crippen molar-refractivity contribution in [1.29, 1.82) is 0 Å². The second-order valence-electron chi connectivity index (χ2n) is 7.54. The maximum atomic E-state index is 12.5. The predicted molar refractivity (Wildman–Crippen MR) is 105 cm³/mol. The van der Waals surface area contributed by atoms with Gasteiger partial charge in [0.25, 0.3) is 0 Å². The van der Waals surface area contributed by atoms with E-state index in [2.05, 4.69) is 17.4 Å². The van der Waals surface area contributed by atoms with Crippen LogP contribution in [0.25, 0.3) is 0 Å². The molecule has 0 bridgehead atoms. The Hall–Kier alpha value is -1.79. The van der Waals surface area contributed by atoms with Gasteiger partial charge >= 0.3 is 12.0 Å². The SMILES string of the molecule is CCN(CC(=O)O)C1CCN(C(=O)NC2CC(c3ccc(Cl)cc3)C2)CC1. The van der Waals surface area contributed by atoms with E-state index in [4.69, 9.17) is 16.7 Å². The standard InChI is InChI=1S/C20H28ClN3O3/c1-2-23(13-19(25)26)18-7-9-24(10-8-18)20(27)22-17-11-15(12-17)14-3-5-16(21)6-4-14/h3-6,15,17-18H,2,7-13H2,1H3,(H,22,27)(H,25,26). The van der Waals surface area contributed by atoms with Crippen molar-refractivity contribution in [2.45, 2.75) is 50.6 Å². The second kappa shape index (κ2) is 8.93.